The molecule has 0 saturated carbocycles. The number of fused-ring (bicyclic) bond motifs is 1. The summed E-state index contributed by atoms with van der Waals surface area (Å²) in [6, 6.07) is 7.47. The molecular weight excluding hydrogens is 540 g/mol. The van der Waals surface area contributed by atoms with Crippen LogP contribution in [0.2, 0.25) is 0 Å². The maximum atomic E-state index is 13.0. The second-order valence-electron chi connectivity index (χ2n) is 9.02. The minimum Gasteiger partial charge on any atom is -0.477 e. The van der Waals surface area contributed by atoms with Crippen LogP contribution in [0.15, 0.2) is 45.9 Å². The zero-order valence-corrected chi connectivity index (χ0v) is 23.0. The molecule has 2 N–H and O–H groups in total. The number of hydrogen-bond acceptors (Lipinski definition) is 7. The Morgan fingerprint density at radius 1 is 1.24 bits per heavy atom. The maximum absolute atomic E-state index is 13.0. The summed E-state index contributed by atoms with van der Waals surface area (Å²) >= 11 is 3.52. The van der Waals surface area contributed by atoms with E-state index < -0.39 is 5.97 Å². The van der Waals surface area contributed by atoms with Gasteiger partial charge in [0.2, 0.25) is 11.8 Å². The van der Waals surface area contributed by atoms with Crippen LogP contribution in [-0.2, 0) is 24.9 Å². The molecule has 0 radical (unpaired) electrons. The molecule has 1 atom stereocenters. The minimum atomic E-state index is -0.512. The molecule has 10 nitrogen and oxygen atoms in total. The number of nitrogens with zero attached hydrogens (tertiary/aromatic N) is 5. The Balaban J connectivity index is 1.45. The summed E-state index contributed by atoms with van der Waals surface area (Å²) in [6.07, 6.45) is 4.79. The number of carbonyl (C=O) groups excluding carboxylic acids is 1. The van der Waals surface area contributed by atoms with Crippen LogP contribution in [0.1, 0.15) is 37.0 Å². The molecule has 0 saturated heterocycles. The molecule has 0 spiro atoms. The largest absolute Gasteiger partial charge is 0.477 e. The zero-order chi connectivity index (χ0) is 26.7. The molecule has 0 aliphatic heterocycles. The highest BCUT2D eigenvalue weighted by Crippen LogP contribution is 2.29. The average molecular weight is 571 g/mol. The van der Waals surface area contributed by atoms with E-state index >= 15 is 0 Å². The first-order chi connectivity index (χ1) is 17.7. The molecule has 0 bridgehead atoms. The highest BCUT2D eigenvalue weighted by Gasteiger charge is 2.20. The van der Waals surface area contributed by atoms with Crippen LogP contribution >= 0.6 is 15.9 Å². The van der Waals surface area contributed by atoms with E-state index in [2.05, 4.69) is 32.9 Å². The van der Waals surface area contributed by atoms with Crippen LogP contribution in [0.3, 0.4) is 0 Å². The van der Waals surface area contributed by atoms with Crippen LogP contribution in [-0.4, -0.2) is 43.6 Å². The molecular formula is C26H31BrN6O4. The molecule has 1 aromatic carbocycles. The Bertz CT molecular complexity index is 1490. The summed E-state index contributed by atoms with van der Waals surface area (Å²) in [6.45, 7) is 5.62. The number of hydrogen-bond donors (Lipinski definition) is 1. The van der Waals surface area contributed by atoms with Gasteiger partial charge in [-0.2, -0.15) is 5.10 Å². The normalized spacial score (nSPS) is 12.1. The van der Waals surface area contributed by atoms with Crippen molar-refractivity contribution in [1.29, 1.82) is 0 Å². The van der Waals surface area contributed by atoms with Gasteiger partial charge in [0, 0.05) is 30.8 Å². The van der Waals surface area contributed by atoms with Gasteiger partial charge in [-0.1, -0.05) is 22.9 Å². The molecule has 0 unspecified atom stereocenters. The number of anilines is 1. The lowest BCUT2D eigenvalue weighted by Crippen LogP contribution is -2.22. The minimum absolute atomic E-state index is 0.224. The standard InChI is InChI=1S/C26H31BrN6O4/c1-5-32-15-17(25(35)36-4)11-19(23(32)34)20-13-29-31(3)24(20)37-10-6-7-16(2)14-33-22-12-18(27)8-9-21(22)30-26(33)28/h8-9,11-13,15-16H,5-7,10,14H2,1-4H3,(H2,28,30)/t16-/m1/s1. The Hall–Kier alpha value is -3.60. The molecule has 0 aliphatic rings. The Kier molecular flexibility index (Phi) is 8.01. The van der Waals surface area contributed by atoms with Crippen molar-refractivity contribution in [3.05, 3.63) is 57.0 Å². The van der Waals surface area contributed by atoms with Gasteiger partial charge in [-0.15, -0.1) is 0 Å². The van der Waals surface area contributed by atoms with Crippen LogP contribution in [0, 0.1) is 5.92 Å². The van der Waals surface area contributed by atoms with E-state index in [-0.39, 0.29) is 5.56 Å². The van der Waals surface area contributed by atoms with E-state index in [1.165, 1.54) is 23.9 Å². The van der Waals surface area contributed by atoms with Crippen LogP contribution in [0.4, 0.5) is 5.95 Å². The lowest BCUT2D eigenvalue weighted by molar-refractivity contribution is 0.0599. The van der Waals surface area contributed by atoms with Gasteiger partial charge in [-0.05, 0) is 49.9 Å². The molecule has 0 aliphatic carbocycles. The van der Waals surface area contributed by atoms with Crippen molar-refractivity contribution in [3.63, 3.8) is 0 Å². The van der Waals surface area contributed by atoms with Gasteiger partial charge in [-0.3, -0.25) is 4.79 Å². The number of methoxy groups -OCH3 is 1. The number of ether oxygens (including phenoxy) is 2. The molecule has 3 aromatic heterocycles. The number of aromatic nitrogens is 5. The molecule has 0 amide bonds. The molecule has 11 heteroatoms. The first-order valence-corrected chi connectivity index (χ1v) is 12.9. The highest BCUT2D eigenvalue weighted by atomic mass is 79.9. The van der Waals surface area contributed by atoms with Gasteiger partial charge in [0.05, 0.1) is 47.6 Å². The van der Waals surface area contributed by atoms with Crippen molar-refractivity contribution in [1.82, 2.24) is 23.9 Å². The van der Waals surface area contributed by atoms with Gasteiger partial charge in [0.25, 0.3) is 5.56 Å². The third-order valence-electron chi connectivity index (χ3n) is 6.34. The summed E-state index contributed by atoms with van der Waals surface area (Å²) in [4.78, 5) is 29.7. The summed E-state index contributed by atoms with van der Waals surface area (Å²) in [5.74, 6) is 0.802. The lowest BCUT2D eigenvalue weighted by atomic mass is 10.1. The Morgan fingerprint density at radius 2 is 2.03 bits per heavy atom. The highest BCUT2D eigenvalue weighted by molar-refractivity contribution is 9.10. The van der Waals surface area contributed by atoms with Crippen molar-refractivity contribution in [2.24, 2.45) is 13.0 Å². The number of rotatable bonds is 10. The van der Waals surface area contributed by atoms with E-state index in [0.717, 1.165) is 34.9 Å². The Labute approximate surface area is 223 Å². The number of carbonyl (C=O) groups is 1. The van der Waals surface area contributed by atoms with E-state index in [1.54, 1.807) is 17.9 Å². The fraction of sp³-hybridized carbons (Fsp3) is 0.385. The van der Waals surface area contributed by atoms with Crippen LogP contribution < -0.4 is 16.0 Å². The van der Waals surface area contributed by atoms with Crippen molar-refractivity contribution in [3.8, 4) is 17.0 Å². The van der Waals surface area contributed by atoms with Gasteiger partial charge < -0.3 is 24.3 Å². The second kappa shape index (κ2) is 11.2. The van der Waals surface area contributed by atoms with Crippen molar-refractivity contribution in [2.45, 2.75) is 39.8 Å². The average Bonchev–Trinajstić information content (AvgIpc) is 3.40. The maximum Gasteiger partial charge on any atom is 0.339 e. The predicted octanol–water partition coefficient (Wildman–Crippen LogP) is 4.25. The number of nitrogen functional groups attached to an aromatic ring is 1. The van der Waals surface area contributed by atoms with E-state index in [9.17, 15) is 9.59 Å². The molecule has 196 valence electrons. The fourth-order valence-corrected chi connectivity index (χ4v) is 4.73. The lowest BCUT2D eigenvalue weighted by Gasteiger charge is -2.15. The number of pyridine rings is 1. The SMILES string of the molecule is CCn1cc(C(=O)OC)cc(-c2cnn(C)c2OCCC[C@@H](C)Cn2c(N)nc3ccc(Br)cc32)c1=O. The van der Waals surface area contributed by atoms with Crippen molar-refractivity contribution in [2.75, 3.05) is 19.5 Å². The Morgan fingerprint density at radius 3 is 2.76 bits per heavy atom. The van der Waals surface area contributed by atoms with Crippen LogP contribution in [0.25, 0.3) is 22.2 Å². The van der Waals surface area contributed by atoms with Crippen molar-refractivity contribution >= 4 is 38.9 Å². The summed E-state index contributed by atoms with van der Waals surface area (Å²) < 4.78 is 17.0. The molecule has 4 aromatic rings. The molecule has 4 rings (SSSR count). The smallest absolute Gasteiger partial charge is 0.339 e. The number of imidazole rings is 1. The number of esters is 1. The van der Waals surface area contributed by atoms with Gasteiger partial charge in [0.1, 0.15) is 0 Å². The van der Waals surface area contributed by atoms with E-state index in [1.807, 2.05) is 29.7 Å². The second-order valence-corrected chi connectivity index (χ2v) is 9.94. The van der Waals surface area contributed by atoms with Crippen LogP contribution in [0.5, 0.6) is 5.88 Å². The number of halogens is 1. The first kappa shape index (κ1) is 26.5. The van der Waals surface area contributed by atoms with E-state index in [0.29, 0.717) is 47.6 Å². The number of aryl methyl sites for hydroxylation is 2. The summed E-state index contributed by atoms with van der Waals surface area (Å²) in [5.41, 5.74) is 9.00. The third kappa shape index (κ3) is 5.56. The van der Waals surface area contributed by atoms with Gasteiger partial charge in [0.15, 0.2) is 0 Å². The van der Waals surface area contributed by atoms with Gasteiger partial charge in [-0.25, -0.2) is 14.5 Å². The monoisotopic (exact) mass is 570 g/mol. The predicted molar refractivity (Wildman–Crippen MR) is 146 cm³/mol. The third-order valence-corrected chi connectivity index (χ3v) is 6.83. The molecule has 0 fully saturated rings. The molecule has 3 heterocycles. The van der Waals surface area contributed by atoms with Crippen molar-refractivity contribution < 1.29 is 14.3 Å². The number of benzene rings is 1. The summed E-state index contributed by atoms with van der Waals surface area (Å²) in [7, 11) is 3.07. The van der Waals surface area contributed by atoms with Gasteiger partial charge >= 0.3 is 5.97 Å². The fourth-order valence-electron chi connectivity index (χ4n) is 4.39. The summed E-state index contributed by atoms with van der Waals surface area (Å²) in [5, 5.41) is 4.29. The van der Waals surface area contributed by atoms with E-state index in [4.69, 9.17) is 15.2 Å². The number of nitrogens with two attached hydrogens (primary N) is 1. The zero-order valence-electron chi connectivity index (χ0n) is 21.4. The topological polar surface area (TPSA) is 119 Å². The quantitative estimate of drug-likeness (QED) is 0.223. The molecule has 37 heavy (non-hydrogen) atoms. The first-order valence-electron chi connectivity index (χ1n) is 12.1.